The Hall–Kier alpha value is -1.49. The molecule has 4 rings (SSSR count). The number of esters is 1. The standard InChI is InChI=1S/C23H32O5/c1-13(24)23(27)10-7-18-16-12-20(28-14(2)25)19-11-15(26)5-8-21(19,3)17(16)6-9-22(18,23)4/h11,16-18,20,27H,5-10,12H2,1-4H3. The monoisotopic (exact) mass is 388 g/mol. The molecular formula is C23H32O5. The quantitative estimate of drug-likeness (QED) is 0.734. The van der Waals surface area contributed by atoms with Crippen molar-refractivity contribution in [3.8, 4) is 0 Å². The van der Waals surface area contributed by atoms with E-state index in [1.807, 2.05) is 0 Å². The van der Waals surface area contributed by atoms with E-state index in [0.717, 1.165) is 31.3 Å². The van der Waals surface area contributed by atoms with E-state index in [2.05, 4.69) is 13.8 Å². The maximum Gasteiger partial charge on any atom is 0.303 e. The van der Waals surface area contributed by atoms with E-state index in [9.17, 15) is 19.5 Å². The Balaban J connectivity index is 1.75. The maximum absolute atomic E-state index is 12.4. The molecule has 28 heavy (non-hydrogen) atoms. The van der Waals surface area contributed by atoms with E-state index in [1.165, 1.54) is 13.8 Å². The fourth-order valence-corrected chi connectivity index (χ4v) is 7.49. The lowest BCUT2D eigenvalue weighted by molar-refractivity contribution is -0.167. The predicted molar refractivity (Wildman–Crippen MR) is 103 cm³/mol. The van der Waals surface area contributed by atoms with E-state index < -0.39 is 11.0 Å². The lowest BCUT2D eigenvalue weighted by Crippen LogP contribution is -2.58. The van der Waals surface area contributed by atoms with E-state index in [0.29, 0.717) is 25.2 Å². The number of ketones is 2. The Kier molecular flexibility index (Phi) is 4.42. The molecule has 0 radical (unpaired) electrons. The van der Waals surface area contributed by atoms with Gasteiger partial charge in [-0.15, -0.1) is 0 Å². The minimum atomic E-state index is -1.25. The van der Waals surface area contributed by atoms with Gasteiger partial charge in [0, 0.05) is 18.8 Å². The molecule has 154 valence electrons. The van der Waals surface area contributed by atoms with Gasteiger partial charge in [-0.1, -0.05) is 13.8 Å². The molecule has 0 saturated heterocycles. The molecule has 7 unspecified atom stereocenters. The summed E-state index contributed by atoms with van der Waals surface area (Å²) in [5.74, 6) is 0.580. The molecule has 5 heteroatoms. The van der Waals surface area contributed by atoms with Gasteiger partial charge in [0.15, 0.2) is 11.6 Å². The number of carbonyl (C=O) groups is 3. The van der Waals surface area contributed by atoms with E-state index in [-0.39, 0.29) is 40.9 Å². The fourth-order valence-electron chi connectivity index (χ4n) is 7.49. The molecule has 0 aromatic carbocycles. The Labute approximate surface area is 166 Å². The molecule has 5 nitrogen and oxygen atoms in total. The molecule has 0 amide bonds. The topological polar surface area (TPSA) is 80.7 Å². The molecule has 0 heterocycles. The minimum Gasteiger partial charge on any atom is -0.458 e. The Morgan fingerprint density at radius 1 is 1.11 bits per heavy atom. The fraction of sp³-hybridized carbons (Fsp3) is 0.783. The predicted octanol–water partition coefficient (Wildman–Crippen LogP) is 3.38. The highest BCUT2D eigenvalue weighted by molar-refractivity contribution is 5.92. The third-order valence-corrected chi connectivity index (χ3v) is 9.00. The molecular weight excluding hydrogens is 356 g/mol. The van der Waals surface area contributed by atoms with Gasteiger partial charge in [0.05, 0.1) is 0 Å². The molecule has 3 fully saturated rings. The zero-order chi connectivity index (χ0) is 20.5. The molecule has 3 saturated carbocycles. The lowest BCUT2D eigenvalue weighted by Gasteiger charge is -2.60. The van der Waals surface area contributed by atoms with Crippen LogP contribution >= 0.6 is 0 Å². The molecule has 4 aliphatic carbocycles. The van der Waals surface area contributed by atoms with Crippen LogP contribution in [0.3, 0.4) is 0 Å². The van der Waals surface area contributed by atoms with Crippen molar-refractivity contribution < 1.29 is 24.2 Å². The lowest BCUT2D eigenvalue weighted by atomic mass is 9.45. The zero-order valence-corrected chi connectivity index (χ0v) is 17.4. The summed E-state index contributed by atoms with van der Waals surface area (Å²) in [6.45, 7) is 7.25. The van der Waals surface area contributed by atoms with Crippen LogP contribution in [0.25, 0.3) is 0 Å². The summed E-state index contributed by atoms with van der Waals surface area (Å²) in [7, 11) is 0. The van der Waals surface area contributed by atoms with Gasteiger partial charge < -0.3 is 9.84 Å². The Bertz CT molecular complexity index is 769. The van der Waals surface area contributed by atoms with Crippen molar-refractivity contribution in [2.45, 2.75) is 84.3 Å². The Morgan fingerprint density at radius 2 is 1.79 bits per heavy atom. The minimum absolute atomic E-state index is 0.121. The second kappa shape index (κ2) is 6.25. The van der Waals surface area contributed by atoms with Gasteiger partial charge in [-0.05, 0) is 80.3 Å². The normalized spacial score (nSPS) is 47.5. The summed E-state index contributed by atoms with van der Waals surface area (Å²) in [4.78, 5) is 36.3. The molecule has 0 aliphatic heterocycles. The van der Waals surface area contributed by atoms with Crippen LogP contribution in [0.15, 0.2) is 11.6 Å². The van der Waals surface area contributed by atoms with Crippen LogP contribution in [0.2, 0.25) is 0 Å². The molecule has 1 N–H and O–H groups in total. The number of hydrogen-bond donors (Lipinski definition) is 1. The SMILES string of the molecule is CC(=O)OC1CC2C(CCC3(C)C2CCC3(O)C(C)=O)C2(C)CCC(=O)C=C12. The summed E-state index contributed by atoms with van der Waals surface area (Å²) in [5, 5.41) is 11.3. The number of fused-ring (bicyclic) bond motifs is 5. The maximum atomic E-state index is 12.4. The van der Waals surface area contributed by atoms with Crippen LogP contribution in [0.1, 0.15) is 72.6 Å². The van der Waals surface area contributed by atoms with Crippen LogP contribution in [-0.2, 0) is 19.1 Å². The van der Waals surface area contributed by atoms with Crippen molar-refractivity contribution in [2.24, 2.45) is 28.6 Å². The summed E-state index contributed by atoms with van der Waals surface area (Å²) >= 11 is 0. The highest BCUT2D eigenvalue weighted by Gasteiger charge is 2.66. The van der Waals surface area contributed by atoms with Crippen LogP contribution in [0.4, 0.5) is 0 Å². The van der Waals surface area contributed by atoms with Crippen molar-refractivity contribution in [2.75, 3.05) is 0 Å². The molecule has 0 aromatic rings. The first kappa shape index (κ1) is 19.8. The van der Waals surface area contributed by atoms with Gasteiger partial charge in [0.1, 0.15) is 11.7 Å². The van der Waals surface area contributed by atoms with E-state index in [4.69, 9.17) is 4.74 Å². The number of rotatable bonds is 2. The molecule has 0 bridgehead atoms. The zero-order valence-electron chi connectivity index (χ0n) is 17.4. The van der Waals surface area contributed by atoms with Crippen molar-refractivity contribution in [1.29, 1.82) is 0 Å². The average molecular weight is 389 g/mol. The van der Waals surface area contributed by atoms with E-state index in [1.54, 1.807) is 6.08 Å². The summed E-state index contributed by atoms with van der Waals surface area (Å²) in [6.07, 6.45) is 6.48. The average Bonchev–Trinajstić information content (AvgIpc) is 2.89. The summed E-state index contributed by atoms with van der Waals surface area (Å²) < 4.78 is 5.72. The van der Waals surface area contributed by atoms with Gasteiger partial charge in [0.2, 0.25) is 0 Å². The molecule has 0 aromatic heterocycles. The summed E-state index contributed by atoms with van der Waals surface area (Å²) in [6, 6.07) is 0. The third-order valence-electron chi connectivity index (χ3n) is 9.00. The number of ether oxygens (including phenoxy) is 1. The first-order chi connectivity index (χ1) is 13.0. The van der Waals surface area contributed by atoms with Crippen molar-refractivity contribution >= 4 is 17.5 Å². The van der Waals surface area contributed by atoms with Crippen LogP contribution in [0.5, 0.6) is 0 Å². The highest BCUT2D eigenvalue weighted by atomic mass is 16.5. The van der Waals surface area contributed by atoms with Crippen molar-refractivity contribution in [1.82, 2.24) is 0 Å². The molecule has 0 spiro atoms. The van der Waals surface area contributed by atoms with Gasteiger partial charge >= 0.3 is 5.97 Å². The number of carbonyl (C=O) groups excluding carboxylic acids is 3. The first-order valence-corrected chi connectivity index (χ1v) is 10.7. The van der Waals surface area contributed by atoms with Crippen LogP contribution < -0.4 is 0 Å². The molecule has 7 atom stereocenters. The van der Waals surface area contributed by atoms with Gasteiger partial charge in [-0.2, -0.15) is 0 Å². The second-order valence-corrected chi connectivity index (χ2v) is 10.1. The number of hydrogen-bond acceptors (Lipinski definition) is 5. The van der Waals surface area contributed by atoms with Gasteiger partial charge in [-0.25, -0.2) is 0 Å². The number of Topliss-reactive ketones (excluding diaryl/α,β-unsaturated/α-hetero) is 1. The second-order valence-electron chi connectivity index (χ2n) is 10.1. The Morgan fingerprint density at radius 3 is 2.43 bits per heavy atom. The van der Waals surface area contributed by atoms with Gasteiger partial charge in [-0.3, -0.25) is 14.4 Å². The van der Waals surface area contributed by atoms with E-state index >= 15 is 0 Å². The first-order valence-electron chi connectivity index (χ1n) is 10.7. The van der Waals surface area contributed by atoms with Crippen LogP contribution in [0, 0.1) is 28.6 Å². The number of aliphatic hydroxyl groups is 1. The van der Waals surface area contributed by atoms with Crippen molar-refractivity contribution in [3.63, 3.8) is 0 Å². The molecule has 4 aliphatic rings. The van der Waals surface area contributed by atoms with Crippen LogP contribution in [-0.4, -0.2) is 34.3 Å². The highest BCUT2D eigenvalue weighted by Crippen LogP contribution is 2.67. The summed E-state index contributed by atoms with van der Waals surface area (Å²) in [5.41, 5.74) is -0.847. The van der Waals surface area contributed by atoms with Crippen molar-refractivity contribution in [3.05, 3.63) is 11.6 Å². The third kappa shape index (κ3) is 2.51. The van der Waals surface area contributed by atoms with Gasteiger partial charge in [0.25, 0.3) is 0 Å². The largest absolute Gasteiger partial charge is 0.458 e. The smallest absolute Gasteiger partial charge is 0.303 e.